The van der Waals surface area contributed by atoms with Gasteiger partial charge >= 0.3 is 5.97 Å². The van der Waals surface area contributed by atoms with Gasteiger partial charge in [-0.3, -0.25) is 9.59 Å². The van der Waals surface area contributed by atoms with Gasteiger partial charge in [-0.2, -0.15) is 0 Å². The van der Waals surface area contributed by atoms with E-state index < -0.39 is 0 Å². The van der Waals surface area contributed by atoms with E-state index in [2.05, 4.69) is 19.5 Å². The minimum Gasteiger partial charge on any atom is -0.469 e. The molecule has 136 valence electrons. The van der Waals surface area contributed by atoms with Gasteiger partial charge < -0.3 is 13.9 Å². The van der Waals surface area contributed by atoms with E-state index in [9.17, 15) is 9.59 Å². The molecule has 0 aliphatic carbocycles. The maximum atomic E-state index is 12.6. The van der Waals surface area contributed by atoms with Crippen molar-refractivity contribution in [3.05, 3.63) is 28.8 Å². The highest BCUT2D eigenvalue weighted by Crippen LogP contribution is 2.21. The molecule has 0 radical (unpaired) electrons. The van der Waals surface area contributed by atoms with Crippen molar-refractivity contribution in [1.29, 1.82) is 0 Å². The quantitative estimate of drug-likeness (QED) is 0.407. The van der Waals surface area contributed by atoms with Gasteiger partial charge in [0.25, 0.3) is 0 Å². The Hall–Kier alpha value is -2.09. The zero-order valence-corrected chi connectivity index (χ0v) is 16.1. The molecular formula is C17H24N4O3S. The molecule has 7 nitrogen and oxygen atoms in total. The van der Waals surface area contributed by atoms with Crippen LogP contribution in [0.2, 0.25) is 0 Å². The van der Waals surface area contributed by atoms with Crippen LogP contribution in [0.1, 0.15) is 40.4 Å². The van der Waals surface area contributed by atoms with E-state index in [0.29, 0.717) is 25.1 Å². The van der Waals surface area contributed by atoms with Crippen molar-refractivity contribution in [3.8, 4) is 0 Å². The Labute approximate surface area is 151 Å². The SMILES string of the molecule is COC(=O)CCCn1c(C)cc(C(=O)CSc2nnc(C)n2C)c1C. The number of thioether (sulfide) groups is 1. The molecule has 2 aromatic rings. The summed E-state index contributed by atoms with van der Waals surface area (Å²) in [6.45, 7) is 6.48. The minimum absolute atomic E-state index is 0.0676. The van der Waals surface area contributed by atoms with Crippen molar-refractivity contribution < 1.29 is 14.3 Å². The summed E-state index contributed by atoms with van der Waals surface area (Å²) in [4.78, 5) is 23.8. The second kappa shape index (κ2) is 8.33. The molecule has 2 rings (SSSR count). The standard InChI is InChI=1S/C17H24N4O3S/c1-11-9-14(12(2)21(11)8-6-7-16(23)24-5)15(22)10-25-17-19-18-13(3)20(17)4/h9H,6-8,10H2,1-5H3. The largest absolute Gasteiger partial charge is 0.469 e. The molecule has 0 amide bonds. The monoisotopic (exact) mass is 364 g/mol. The molecule has 0 saturated carbocycles. The van der Waals surface area contributed by atoms with Crippen LogP contribution in [0.25, 0.3) is 0 Å². The van der Waals surface area contributed by atoms with Crippen LogP contribution in [-0.4, -0.2) is 43.9 Å². The Kier molecular flexibility index (Phi) is 6.41. The first-order chi connectivity index (χ1) is 11.8. The Morgan fingerprint density at radius 2 is 1.96 bits per heavy atom. The number of hydrogen-bond acceptors (Lipinski definition) is 6. The molecule has 0 fully saturated rings. The second-order valence-electron chi connectivity index (χ2n) is 5.92. The van der Waals surface area contributed by atoms with Crippen molar-refractivity contribution in [3.63, 3.8) is 0 Å². The predicted molar refractivity (Wildman–Crippen MR) is 96.0 cm³/mol. The third kappa shape index (κ3) is 4.50. The summed E-state index contributed by atoms with van der Waals surface area (Å²) in [6.07, 6.45) is 1.06. The molecule has 0 aromatic carbocycles. The number of ketones is 1. The lowest BCUT2D eigenvalue weighted by Crippen LogP contribution is -2.09. The van der Waals surface area contributed by atoms with Gasteiger partial charge in [-0.05, 0) is 33.3 Å². The summed E-state index contributed by atoms with van der Waals surface area (Å²) in [7, 11) is 3.27. The lowest BCUT2D eigenvalue weighted by Gasteiger charge is -2.09. The normalized spacial score (nSPS) is 10.9. The van der Waals surface area contributed by atoms with Crippen molar-refractivity contribution in [2.75, 3.05) is 12.9 Å². The molecule has 2 aromatic heterocycles. The first-order valence-electron chi connectivity index (χ1n) is 8.10. The average molecular weight is 364 g/mol. The van der Waals surface area contributed by atoms with E-state index in [1.54, 1.807) is 0 Å². The van der Waals surface area contributed by atoms with E-state index in [4.69, 9.17) is 0 Å². The van der Waals surface area contributed by atoms with Crippen LogP contribution < -0.4 is 0 Å². The molecule has 0 bridgehead atoms. The van der Waals surface area contributed by atoms with Crippen molar-refractivity contribution in [2.24, 2.45) is 7.05 Å². The fourth-order valence-corrected chi connectivity index (χ4v) is 3.47. The number of methoxy groups -OCH3 is 1. The highest BCUT2D eigenvalue weighted by Gasteiger charge is 2.17. The smallest absolute Gasteiger partial charge is 0.305 e. The van der Waals surface area contributed by atoms with Crippen LogP contribution in [-0.2, 0) is 23.1 Å². The zero-order valence-electron chi connectivity index (χ0n) is 15.3. The number of ether oxygens (including phenoxy) is 1. The van der Waals surface area contributed by atoms with E-state index >= 15 is 0 Å². The topological polar surface area (TPSA) is 79.0 Å². The maximum absolute atomic E-state index is 12.6. The van der Waals surface area contributed by atoms with Gasteiger partial charge in [0, 0.05) is 37.0 Å². The van der Waals surface area contributed by atoms with Gasteiger partial charge in [0.05, 0.1) is 12.9 Å². The summed E-state index contributed by atoms with van der Waals surface area (Å²) in [5, 5.41) is 8.80. The summed E-state index contributed by atoms with van der Waals surface area (Å²) >= 11 is 1.39. The van der Waals surface area contributed by atoms with Gasteiger partial charge in [0.15, 0.2) is 10.9 Å². The molecule has 0 spiro atoms. The van der Waals surface area contributed by atoms with Crippen LogP contribution in [0.4, 0.5) is 0 Å². The Bertz CT molecular complexity index is 779. The second-order valence-corrected chi connectivity index (χ2v) is 6.86. The van der Waals surface area contributed by atoms with Crippen molar-refractivity contribution in [2.45, 2.75) is 45.3 Å². The average Bonchev–Trinajstić information content (AvgIpc) is 3.06. The number of carbonyl (C=O) groups excluding carboxylic acids is 2. The minimum atomic E-state index is -0.214. The van der Waals surface area contributed by atoms with Gasteiger partial charge in [-0.1, -0.05) is 11.8 Å². The summed E-state index contributed by atoms with van der Waals surface area (Å²) in [5.74, 6) is 0.990. The number of aromatic nitrogens is 4. The lowest BCUT2D eigenvalue weighted by molar-refractivity contribution is -0.140. The van der Waals surface area contributed by atoms with Crippen LogP contribution in [0.3, 0.4) is 0 Å². The van der Waals surface area contributed by atoms with Crippen LogP contribution >= 0.6 is 11.8 Å². The number of Topliss-reactive ketones (excluding diaryl/α,β-unsaturated/α-hetero) is 1. The number of carbonyl (C=O) groups is 2. The summed E-state index contributed by atoms with van der Waals surface area (Å²) < 4.78 is 8.61. The van der Waals surface area contributed by atoms with Crippen molar-refractivity contribution >= 4 is 23.5 Å². The Balaban J connectivity index is 2.01. The third-order valence-electron chi connectivity index (χ3n) is 4.25. The molecule has 2 heterocycles. The fourth-order valence-electron chi connectivity index (χ4n) is 2.63. The third-order valence-corrected chi connectivity index (χ3v) is 5.27. The molecule has 0 saturated heterocycles. The summed E-state index contributed by atoms with van der Waals surface area (Å²) in [6, 6.07) is 1.91. The first kappa shape index (κ1) is 19.2. The zero-order chi connectivity index (χ0) is 18.6. The van der Waals surface area contributed by atoms with Gasteiger partial charge in [0.2, 0.25) is 0 Å². The number of nitrogens with zero attached hydrogens (tertiary/aromatic N) is 4. The number of hydrogen-bond donors (Lipinski definition) is 0. The highest BCUT2D eigenvalue weighted by atomic mass is 32.2. The Morgan fingerprint density at radius 1 is 1.24 bits per heavy atom. The number of rotatable bonds is 8. The molecule has 25 heavy (non-hydrogen) atoms. The molecule has 0 N–H and O–H groups in total. The maximum Gasteiger partial charge on any atom is 0.305 e. The Morgan fingerprint density at radius 3 is 2.56 bits per heavy atom. The highest BCUT2D eigenvalue weighted by molar-refractivity contribution is 7.99. The molecule has 0 aliphatic rings. The van der Waals surface area contributed by atoms with Crippen LogP contribution in [0, 0.1) is 20.8 Å². The first-order valence-corrected chi connectivity index (χ1v) is 9.09. The molecule has 0 unspecified atom stereocenters. The molecule has 8 heteroatoms. The van der Waals surface area contributed by atoms with E-state index in [1.165, 1.54) is 18.9 Å². The van der Waals surface area contributed by atoms with Crippen LogP contribution in [0.15, 0.2) is 11.2 Å². The lowest BCUT2D eigenvalue weighted by atomic mass is 10.2. The fraction of sp³-hybridized carbons (Fsp3) is 0.529. The molecule has 0 atom stereocenters. The van der Waals surface area contributed by atoms with E-state index in [0.717, 1.165) is 27.9 Å². The van der Waals surface area contributed by atoms with Crippen molar-refractivity contribution in [1.82, 2.24) is 19.3 Å². The predicted octanol–water partition coefficient (Wildman–Crippen LogP) is 2.47. The van der Waals surface area contributed by atoms with E-state index in [1.807, 2.05) is 38.5 Å². The molecular weight excluding hydrogens is 340 g/mol. The van der Waals surface area contributed by atoms with Crippen LogP contribution in [0.5, 0.6) is 0 Å². The van der Waals surface area contributed by atoms with Gasteiger partial charge in [0.1, 0.15) is 5.82 Å². The molecule has 0 aliphatic heterocycles. The van der Waals surface area contributed by atoms with Gasteiger partial charge in [-0.15, -0.1) is 10.2 Å². The van der Waals surface area contributed by atoms with E-state index in [-0.39, 0.29) is 11.8 Å². The number of aryl methyl sites for hydroxylation is 2. The number of esters is 1. The van der Waals surface area contributed by atoms with Gasteiger partial charge in [-0.25, -0.2) is 0 Å². The summed E-state index contributed by atoms with van der Waals surface area (Å²) in [5.41, 5.74) is 2.68.